The van der Waals surface area contributed by atoms with Gasteiger partial charge in [-0.2, -0.15) is 0 Å². The second-order valence-electron chi connectivity index (χ2n) is 5.60. The Labute approximate surface area is 128 Å². The third kappa shape index (κ3) is 2.74. The molecule has 7 heteroatoms. The molecule has 1 aromatic rings. The molecule has 2 aliphatic heterocycles. The van der Waals surface area contributed by atoms with Crippen LogP contribution in [-0.2, 0) is 32.3 Å². The van der Waals surface area contributed by atoms with Gasteiger partial charge in [0.2, 0.25) is 5.91 Å². The molecule has 2 aliphatic rings. The normalized spacial score (nSPS) is 23.9. The summed E-state index contributed by atoms with van der Waals surface area (Å²) >= 11 is 1.70. The van der Waals surface area contributed by atoms with Crippen LogP contribution in [0, 0.1) is 0 Å². The van der Waals surface area contributed by atoms with Crippen molar-refractivity contribution in [2.75, 3.05) is 19.8 Å². The fourth-order valence-corrected chi connectivity index (χ4v) is 5.50. The van der Waals surface area contributed by atoms with Crippen LogP contribution in [0.3, 0.4) is 0 Å². The van der Waals surface area contributed by atoms with Crippen LogP contribution in [0.25, 0.3) is 0 Å². The predicted octanol–water partition coefficient (Wildman–Crippen LogP) is 1.23. The number of sulfone groups is 1. The number of fused-ring (bicyclic) bond motifs is 1. The molecule has 0 bridgehead atoms. The number of amides is 1. The van der Waals surface area contributed by atoms with E-state index in [9.17, 15) is 13.2 Å². The van der Waals surface area contributed by atoms with Gasteiger partial charge in [-0.1, -0.05) is 0 Å². The lowest BCUT2D eigenvalue weighted by molar-refractivity contribution is -0.131. The van der Waals surface area contributed by atoms with Crippen molar-refractivity contribution in [3.8, 4) is 0 Å². The molecule has 0 radical (unpaired) electrons. The van der Waals surface area contributed by atoms with Gasteiger partial charge in [-0.3, -0.25) is 4.79 Å². The van der Waals surface area contributed by atoms with Gasteiger partial charge in [0, 0.05) is 24.6 Å². The average Bonchev–Trinajstić information content (AvgIpc) is 3.15. The summed E-state index contributed by atoms with van der Waals surface area (Å²) in [4.78, 5) is 15.5. The Balaban J connectivity index is 1.73. The zero-order valence-corrected chi connectivity index (χ0v) is 13.6. The van der Waals surface area contributed by atoms with E-state index < -0.39 is 20.3 Å². The van der Waals surface area contributed by atoms with Crippen molar-refractivity contribution in [2.45, 2.75) is 36.8 Å². The number of rotatable bonds is 3. The lowest BCUT2D eigenvalue weighted by Gasteiger charge is -2.30. The Hall–Kier alpha value is -0.920. The molecule has 5 nitrogen and oxygen atoms in total. The van der Waals surface area contributed by atoms with E-state index in [1.54, 1.807) is 16.2 Å². The van der Waals surface area contributed by atoms with E-state index in [4.69, 9.17) is 4.74 Å². The van der Waals surface area contributed by atoms with E-state index in [0.29, 0.717) is 26.1 Å². The molecule has 2 unspecified atom stereocenters. The maximum Gasteiger partial charge on any atom is 0.240 e. The van der Waals surface area contributed by atoms with Crippen LogP contribution in [0.2, 0.25) is 0 Å². The maximum absolute atomic E-state index is 12.5. The predicted molar refractivity (Wildman–Crippen MR) is 81.0 cm³/mol. The van der Waals surface area contributed by atoms with Crippen LogP contribution in [0.5, 0.6) is 0 Å². The minimum atomic E-state index is -3.46. The van der Waals surface area contributed by atoms with Crippen molar-refractivity contribution in [2.24, 2.45) is 0 Å². The number of ether oxygens (including phenoxy) is 1. The molecule has 3 rings (SSSR count). The Morgan fingerprint density at radius 3 is 3.05 bits per heavy atom. The largest absolute Gasteiger partial charge is 0.380 e. The van der Waals surface area contributed by atoms with E-state index in [-0.39, 0.29) is 12.5 Å². The van der Waals surface area contributed by atoms with Crippen molar-refractivity contribution < 1.29 is 17.9 Å². The molecule has 0 saturated carbocycles. The van der Waals surface area contributed by atoms with Gasteiger partial charge < -0.3 is 9.64 Å². The summed E-state index contributed by atoms with van der Waals surface area (Å²) in [5.41, 5.74) is 1.15. The fraction of sp³-hybridized carbons (Fsp3) is 0.643. The molecular weight excluding hydrogens is 310 g/mol. The summed E-state index contributed by atoms with van der Waals surface area (Å²) in [5.74, 6) is -0.279. The van der Waals surface area contributed by atoms with Gasteiger partial charge in [-0.05, 0) is 36.8 Å². The summed E-state index contributed by atoms with van der Waals surface area (Å²) in [6.45, 7) is 3.33. The van der Waals surface area contributed by atoms with Gasteiger partial charge in [0.15, 0.2) is 9.84 Å². The van der Waals surface area contributed by atoms with E-state index in [0.717, 1.165) is 12.0 Å². The van der Waals surface area contributed by atoms with Gasteiger partial charge in [0.1, 0.15) is 5.25 Å². The second kappa shape index (κ2) is 5.70. The number of carbonyl (C=O) groups is 1. The molecule has 0 aromatic carbocycles. The number of hydrogen-bond donors (Lipinski definition) is 0. The summed E-state index contributed by atoms with van der Waals surface area (Å²) in [6.07, 6.45) is 1.31. The molecule has 0 N–H and O–H groups in total. The minimum absolute atomic E-state index is 0.217. The molecular formula is C14H19NO4S2. The van der Waals surface area contributed by atoms with Crippen molar-refractivity contribution in [1.29, 1.82) is 0 Å². The van der Waals surface area contributed by atoms with E-state index >= 15 is 0 Å². The van der Waals surface area contributed by atoms with Crippen LogP contribution >= 0.6 is 11.3 Å². The third-order valence-electron chi connectivity index (χ3n) is 4.31. The third-order valence-corrected chi connectivity index (χ3v) is 7.82. The first-order chi connectivity index (χ1) is 10.00. The standard InChI is InChI=1S/C14H19NO4S2/c1-10(21(17,18)12-3-6-19-9-12)14(16)15-5-2-13-11(8-15)4-7-20-13/h4,7,10,12H,2-3,5-6,8-9H2,1H3. The zero-order chi connectivity index (χ0) is 15.0. The molecule has 1 amide bonds. The van der Waals surface area contributed by atoms with Gasteiger partial charge in [0.25, 0.3) is 0 Å². The van der Waals surface area contributed by atoms with Gasteiger partial charge >= 0.3 is 0 Å². The monoisotopic (exact) mass is 329 g/mol. The highest BCUT2D eigenvalue weighted by molar-refractivity contribution is 7.93. The maximum atomic E-state index is 12.5. The molecule has 0 aliphatic carbocycles. The molecule has 3 heterocycles. The smallest absolute Gasteiger partial charge is 0.240 e. The Kier molecular flexibility index (Phi) is 4.07. The molecule has 116 valence electrons. The SMILES string of the molecule is CC(C(=O)N1CCc2sccc2C1)S(=O)(=O)C1CCOC1. The Bertz CT molecular complexity index is 631. The highest BCUT2D eigenvalue weighted by Gasteiger charge is 2.40. The van der Waals surface area contributed by atoms with Gasteiger partial charge in [0.05, 0.1) is 11.9 Å². The zero-order valence-electron chi connectivity index (χ0n) is 11.9. The van der Waals surface area contributed by atoms with Crippen LogP contribution in [0.1, 0.15) is 23.8 Å². The van der Waals surface area contributed by atoms with Gasteiger partial charge in [-0.15, -0.1) is 11.3 Å². The molecule has 1 aromatic heterocycles. The summed E-state index contributed by atoms with van der Waals surface area (Å²) in [6, 6.07) is 2.02. The first-order valence-electron chi connectivity index (χ1n) is 7.14. The van der Waals surface area contributed by atoms with Crippen LogP contribution in [0.15, 0.2) is 11.4 Å². The number of carbonyl (C=O) groups excluding carboxylic acids is 1. The van der Waals surface area contributed by atoms with E-state index in [2.05, 4.69) is 0 Å². The second-order valence-corrected chi connectivity index (χ2v) is 9.15. The average molecular weight is 329 g/mol. The molecule has 21 heavy (non-hydrogen) atoms. The van der Waals surface area contributed by atoms with Crippen molar-refractivity contribution in [1.82, 2.24) is 4.90 Å². The Morgan fingerprint density at radius 2 is 2.33 bits per heavy atom. The first-order valence-corrected chi connectivity index (χ1v) is 9.63. The van der Waals surface area contributed by atoms with E-state index in [1.807, 2.05) is 11.4 Å². The Morgan fingerprint density at radius 1 is 1.52 bits per heavy atom. The molecule has 1 saturated heterocycles. The fourth-order valence-electron chi connectivity index (χ4n) is 2.89. The topological polar surface area (TPSA) is 63.7 Å². The van der Waals surface area contributed by atoms with Crippen LogP contribution in [-0.4, -0.2) is 49.5 Å². The molecule has 1 fully saturated rings. The lowest BCUT2D eigenvalue weighted by atomic mass is 10.1. The quantitative estimate of drug-likeness (QED) is 0.836. The highest BCUT2D eigenvalue weighted by atomic mass is 32.2. The van der Waals surface area contributed by atoms with Crippen molar-refractivity contribution in [3.63, 3.8) is 0 Å². The molecule has 0 spiro atoms. The summed E-state index contributed by atoms with van der Waals surface area (Å²) in [5, 5.41) is 0.511. The van der Waals surface area contributed by atoms with Crippen molar-refractivity contribution >= 4 is 27.1 Å². The number of thiophene rings is 1. The van der Waals surface area contributed by atoms with Crippen LogP contribution < -0.4 is 0 Å². The number of nitrogens with zero attached hydrogens (tertiary/aromatic N) is 1. The van der Waals surface area contributed by atoms with Crippen LogP contribution in [0.4, 0.5) is 0 Å². The first kappa shape index (κ1) is 15.0. The lowest BCUT2D eigenvalue weighted by Crippen LogP contribution is -2.46. The highest BCUT2D eigenvalue weighted by Crippen LogP contribution is 2.26. The summed E-state index contributed by atoms with van der Waals surface area (Å²) in [7, 11) is -3.46. The summed E-state index contributed by atoms with van der Waals surface area (Å²) < 4.78 is 30.1. The van der Waals surface area contributed by atoms with Gasteiger partial charge in [-0.25, -0.2) is 8.42 Å². The number of hydrogen-bond acceptors (Lipinski definition) is 5. The minimum Gasteiger partial charge on any atom is -0.380 e. The molecule has 2 atom stereocenters. The van der Waals surface area contributed by atoms with Crippen molar-refractivity contribution in [3.05, 3.63) is 21.9 Å². The van der Waals surface area contributed by atoms with E-state index in [1.165, 1.54) is 11.8 Å².